The fourth-order valence-corrected chi connectivity index (χ4v) is 12.3. The number of rotatable bonds is 11. The lowest BCUT2D eigenvalue weighted by molar-refractivity contribution is 0.588. The van der Waals surface area contributed by atoms with E-state index < -0.39 is 10.8 Å². The molecule has 3 heterocycles. The van der Waals surface area contributed by atoms with Gasteiger partial charge in [-0.05, 0) is 146 Å². The molecule has 0 fully saturated rings. The van der Waals surface area contributed by atoms with Gasteiger partial charge in [0.15, 0.2) is 0 Å². The molecule has 0 spiro atoms. The Morgan fingerprint density at radius 2 is 0.693 bits per heavy atom. The number of pyridine rings is 2. The molecule has 5 nitrogen and oxygen atoms in total. The van der Waals surface area contributed by atoms with E-state index in [0.717, 1.165) is 39.8 Å². The molecule has 5 heteroatoms. The van der Waals surface area contributed by atoms with Gasteiger partial charge in [0.2, 0.25) is 5.88 Å². The molecule has 0 aliphatic heterocycles. The van der Waals surface area contributed by atoms with Gasteiger partial charge in [-0.3, -0.25) is 14.9 Å². The summed E-state index contributed by atoms with van der Waals surface area (Å²) in [6.07, 6.45) is 7.47. The van der Waals surface area contributed by atoms with Gasteiger partial charge < -0.3 is 9.32 Å². The SMILES string of the molecule is c1ccc(C2(c3ccccc3)c3ccccc3-c3ccc(N(c4ccc(-c5ccc(N(c6cccnc6)c6ccc7c(c6)C(c6ccccc6)(c6ccccc6)c6ccccc6-7)o5)cc4)c4cccnc4)cc32)cc1. The fourth-order valence-electron chi connectivity index (χ4n) is 12.3. The van der Waals surface area contributed by atoms with Crippen molar-refractivity contribution in [2.24, 2.45) is 0 Å². The van der Waals surface area contributed by atoms with Crippen molar-refractivity contribution in [2.45, 2.75) is 10.8 Å². The van der Waals surface area contributed by atoms with E-state index in [2.05, 4.69) is 275 Å². The first-order valence-electron chi connectivity index (χ1n) is 25.5. The van der Waals surface area contributed by atoms with Gasteiger partial charge >= 0.3 is 0 Å². The second kappa shape index (κ2) is 18.0. The van der Waals surface area contributed by atoms with E-state index in [1.807, 2.05) is 36.9 Å². The summed E-state index contributed by atoms with van der Waals surface area (Å²) in [7, 11) is 0. The lowest BCUT2D eigenvalue weighted by Crippen LogP contribution is -2.28. The van der Waals surface area contributed by atoms with E-state index in [1.165, 1.54) is 66.8 Å². The van der Waals surface area contributed by atoms with Crippen LogP contribution < -0.4 is 9.80 Å². The minimum Gasteiger partial charge on any atom is -0.440 e. The highest BCUT2D eigenvalue weighted by molar-refractivity contribution is 5.91. The third-order valence-corrected chi connectivity index (χ3v) is 15.4. The molecule has 0 atom stereocenters. The Labute approximate surface area is 437 Å². The number of hydrogen-bond donors (Lipinski definition) is 0. The number of aromatic nitrogens is 2. The standard InChI is InChI=1S/C70H48N4O/c1-5-19-50(20-6-1)69(51-21-7-2-8-22-51)63-31-15-13-29-59(63)61-39-37-55(45-65(61)69)73(57-27-17-43-71-47-57)54-35-33-49(34-36-54)67-41-42-68(75-67)74(58-28-18-44-72-48-58)56-38-40-62-60-30-14-16-32-64(60)70(66(62)46-56,52-23-9-3-10-24-52)53-25-11-4-12-26-53/h1-48H. The molecule has 75 heavy (non-hydrogen) atoms. The van der Waals surface area contributed by atoms with Crippen LogP contribution >= 0.6 is 0 Å². The van der Waals surface area contributed by atoms with Crippen molar-refractivity contribution in [1.29, 1.82) is 0 Å². The fraction of sp³-hybridized carbons (Fsp3) is 0.0286. The molecule has 2 aliphatic rings. The number of hydrogen-bond acceptors (Lipinski definition) is 5. The van der Waals surface area contributed by atoms with E-state index in [9.17, 15) is 0 Å². The zero-order chi connectivity index (χ0) is 49.8. The Kier molecular flexibility index (Phi) is 10.6. The van der Waals surface area contributed by atoms with Crippen molar-refractivity contribution in [3.63, 3.8) is 0 Å². The first kappa shape index (κ1) is 43.9. The molecular formula is C70H48N4O. The molecule has 0 amide bonds. The Hall–Kier alpha value is -9.84. The molecule has 354 valence electrons. The second-order valence-electron chi connectivity index (χ2n) is 19.3. The van der Waals surface area contributed by atoms with Gasteiger partial charge in [-0.2, -0.15) is 0 Å². The predicted molar refractivity (Wildman–Crippen MR) is 304 cm³/mol. The zero-order valence-corrected chi connectivity index (χ0v) is 40.9. The Balaban J connectivity index is 0.865. The predicted octanol–water partition coefficient (Wildman–Crippen LogP) is 17.4. The van der Waals surface area contributed by atoms with Gasteiger partial charge in [0.1, 0.15) is 5.76 Å². The first-order valence-corrected chi connectivity index (χ1v) is 25.5. The first-order chi connectivity index (χ1) is 37.2. The van der Waals surface area contributed by atoms with Crippen LogP contribution in [0.25, 0.3) is 33.6 Å². The molecule has 0 saturated carbocycles. The van der Waals surface area contributed by atoms with Crippen LogP contribution in [0, 0.1) is 0 Å². The summed E-state index contributed by atoms with van der Waals surface area (Å²) in [5.41, 5.74) is 19.5. The molecule has 0 bridgehead atoms. The summed E-state index contributed by atoms with van der Waals surface area (Å²) in [4.78, 5) is 13.7. The van der Waals surface area contributed by atoms with Crippen molar-refractivity contribution in [1.82, 2.24) is 9.97 Å². The number of nitrogens with zero attached hydrogens (tertiary/aromatic N) is 4. The molecule has 0 saturated heterocycles. The molecule has 3 aromatic heterocycles. The molecular weight excluding hydrogens is 913 g/mol. The second-order valence-corrected chi connectivity index (χ2v) is 19.3. The molecule has 12 aromatic rings. The molecule has 0 unspecified atom stereocenters. The molecule has 9 aromatic carbocycles. The molecule has 0 N–H and O–H groups in total. The van der Waals surface area contributed by atoms with Crippen molar-refractivity contribution >= 4 is 34.3 Å². The molecule has 14 rings (SSSR count). The summed E-state index contributed by atoms with van der Waals surface area (Å²) in [6, 6.07) is 96.2. The molecule has 0 radical (unpaired) electrons. The number of benzene rings is 9. The van der Waals surface area contributed by atoms with Gasteiger partial charge in [0.05, 0.1) is 34.6 Å². The third kappa shape index (κ3) is 6.93. The normalized spacial score (nSPS) is 13.3. The van der Waals surface area contributed by atoms with Crippen molar-refractivity contribution in [3.05, 3.63) is 336 Å². The van der Waals surface area contributed by atoms with Crippen LogP contribution in [0.3, 0.4) is 0 Å². The smallest absolute Gasteiger partial charge is 0.205 e. The average molecular weight is 961 g/mol. The number of anilines is 6. The third-order valence-electron chi connectivity index (χ3n) is 15.4. The van der Waals surface area contributed by atoms with Gasteiger partial charge in [-0.1, -0.05) is 182 Å². The van der Waals surface area contributed by atoms with Crippen molar-refractivity contribution < 1.29 is 4.42 Å². The maximum atomic E-state index is 6.98. The highest BCUT2D eigenvalue weighted by atomic mass is 16.4. The summed E-state index contributed by atoms with van der Waals surface area (Å²) < 4.78 is 6.98. The van der Waals surface area contributed by atoms with Gasteiger partial charge in [-0.25, -0.2) is 0 Å². The van der Waals surface area contributed by atoms with Crippen LogP contribution in [0.5, 0.6) is 0 Å². The lowest BCUT2D eigenvalue weighted by Gasteiger charge is -2.34. The topological polar surface area (TPSA) is 45.4 Å². The minimum atomic E-state index is -0.553. The highest BCUT2D eigenvalue weighted by Gasteiger charge is 2.48. The minimum absolute atomic E-state index is 0.534. The quantitative estimate of drug-likeness (QED) is 0.129. The van der Waals surface area contributed by atoms with Gasteiger partial charge in [-0.15, -0.1) is 0 Å². The van der Waals surface area contributed by atoms with Crippen LogP contribution in [-0.2, 0) is 10.8 Å². The summed E-state index contributed by atoms with van der Waals surface area (Å²) >= 11 is 0. The maximum absolute atomic E-state index is 6.98. The summed E-state index contributed by atoms with van der Waals surface area (Å²) in [5, 5.41) is 0. The van der Waals surface area contributed by atoms with Crippen LogP contribution in [0.15, 0.2) is 296 Å². The van der Waals surface area contributed by atoms with Gasteiger partial charge in [0.25, 0.3) is 0 Å². The highest BCUT2D eigenvalue weighted by Crippen LogP contribution is 2.59. The Morgan fingerprint density at radius 1 is 0.293 bits per heavy atom. The van der Waals surface area contributed by atoms with Crippen LogP contribution in [-0.4, -0.2) is 9.97 Å². The van der Waals surface area contributed by atoms with Crippen LogP contribution in [0.4, 0.5) is 34.3 Å². The summed E-state index contributed by atoms with van der Waals surface area (Å²) in [5.74, 6) is 1.43. The summed E-state index contributed by atoms with van der Waals surface area (Å²) in [6.45, 7) is 0. The largest absolute Gasteiger partial charge is 0.440 e. The van der Waals surface area contributed by atoms with E-state index in [0.29, 0.717) is 5.88 Å². The van der Waals surface area contributed by atoms with E-state index in [-0.39, 0.29) is 0 Å². The average Bonchev–Trinajstić information content (AvgIpc) is 4.28. The zero-order valence-electron chi connectivity index (χ0n) is 40.9. The monoisotopic (exact) mass is 960 g/mol. The Bertz CT molecular complexity index is 3910. The number of furan rings is 1. The Morgan fingerprint density at radius 3 is 1.15 bits per heavy atom. The van der Waals surface area contributed by atoms with Crippen molar-refractivity contribution in [3.8, 4) is 33.6 Å². The molecule has 2 aliphatic carbocycles. The number of fused-ring (bicyclic) bond motifs is 6. The van der Waals surface area contributed by atoms with Crippen LogP contribution in [0.2, 0.25) is 0 Å². The van der Waals surface area contributed by atoms with Crippen molar-refractivity contribution in [2.75, 3.05) is 9.80 Å². The van der Waals surface area contributed by atoms with Crippen LogP contribution in [0.1, 0.15) is 44.5 Å². The van der Waals surface area contributed by atoms with E-state index in [4.69, 9.17) is 4.42 Å². The van der Waals surface area contributed by atoms with E-state index in [1.54, 1.807) is 0 Å². The van der Waals surface area contributed by atoms with E-state index >= 15 is 0 Å². The van der Waals surface area contributed by atoms with Gasteiger partial charge in [0, 0.05) is 41.1 Å². The lowest BCUT2D eigenvalue weighted by atomic mass is 9.67. The maximum Gasteiger partial charge on any atom is 0.205 e.